The molecule has 0 aromatic heterocycles. The van der Waals surface area contributed by atoms with E-state index in [0.717, 1.165) is 6.61 Å². The van der Waals surface area contributed by atoms with E-state index < -0.39 is 0 Å². The first kappa shape index (κ1) is 5.24. The molecule has 0 bridgehead atoms. The van der Waals surface area contributed by atoms with E-state index in [4.69, 9.17) is 4.43 Å². The zero-order valence-electron chi connectivity index (χ0n) is 3.82. The Balaban J connectivity index is 2.19. The molecule has 0 rings (SSSR count). The van der Waals surface area contributed by atoms with Crippen molar-refractivity contribution in [3.8, 4) is 0 Å². The van der Waals surface area contributed by atoms with E-state index in [1.165, 1.54) is 0 Å². The summed E-state index contributed by atoms with van der Waals surface area (Å²) in [6.45, 7) is 2.93. The molecule has 0 saturated carbocycles. The van der Waals surface area contributed by atoms with Crippen molar-refractivity contribution < 1.29 is 4.43 Å². The fourth-order valence-electron chi connectivity index (χ4n) is 0.204. The molecule has 0 saturated heterocycles. The minimum absolute atomic E-state index is 0.0860. The summed E-state index contributed by atoms with van der Waals surface area (Å²) in [6.07, 6.45) is 0. The zero-order valence-corrected chi connectivity index (χ0v) is 5.24. The van der Waals surface area contributed by atoms with Crippen LogP contribution in [0.15, 0.2) is 0 Å². The summed E-state index contributed by atoms with van der Waals surface area (Å²) in [5.41, 5.74) is 0. The van der Waals surface area contributed by atoms with Crippen LogP contribution in [0, 0.1) is 0 Å². The molecular formula is C2H9BOSi. The SMILES string of the molecule is B[SiH2]OCC. The molecule has 0 N–H and O–H groups in total. The lowest BCUT2D eigenvalue weighted by Crippen LogP contribution is -1.94. The predicted octanol–water partition coefficient (Wildman–Crippen LogP) is -1.35. The van der Waals surface area contributed by atoms with Gasteiger partial charge in [0.25, 0.3) is 0 Å². The van der Waals surface area contributed by atoms with Crippen molar-refractivity contribution in [3.05, 3.63) is 0 Å². The molecule has 0 aromatic rings. The summed E-state index contributed by atoms with van der Waals surface area (Å²) in [4.78, 5) is 0. The topological polar surface area (TPSA) is 9.23 Å². The molecule has 30 valence electrons. The first-order valence-corrected chi connectivity index (χ1v) is 3.98. The fraction of sp³-hybridized carbons (Fsp3) is 1.00. The second-order valence-electron chi connectivity index (χ2n) is 0.781. The number of hydrogen-bond donors (Lipinski definition) is 0. The Bertz CT molecular complexity index is 17.1. The third-order valence-electron chi connectivity index (χ3n) is 0.408. The van der Waals surface area contributed by atoms with E-state index in [1.54, 1.807) is 0 Å². The Kier molecular flexibility index (Phi) is 4.45. The molecule has 0 radical (unpaired) electrons. The van der Waals surface area contributed by atoms with Crippen LogP contribution in [-0.4, -0.2) is 23.7 Å². The maximum absolute atomic E-state index is 4.97. The van der Waals surface area contributed by atoms with Crippen LogP contribution in [0.1, 0.15) is 6.92 Å². The Morgan fingerprint density at radius 3 is 2.60 bits per heavy atom. The molecule has 0 amide bonds. The van der Waals surface area contributed by atoms with Crippen LogP contribution in [-0.2, 0) is 4.43 Å². The van der Waals surface area contributed by atoms with Crippen molar-refractivity contribution in [1.29, 1.82) is 0 Å². The summed E-state index contributed by atoms with van der Waals surface area (Å²) in [5.74, 6) is 0. The summed E-state index contributed by atoms with van der Waals surface area (Å²) in [5, 5.41) is 0. The maximum atomic E-state index is 4.97. The summed E-state index contributed by atoms with van der Waals surface area (Å²) < 4.78 is 4.97. The molecule has 3 heteroatoms. The molecule has 0 aliphatic rings. The molecule has 0 atom stereocenters. The Hall–Kier alpha value is 0.242. The number of rotatable bonds is 2. The maximum Gasteiger partial charge on any atom is 0.123 e. The average molecular weight is 88.0 g/mol. The summed E-state index contributed by atoms with van der Waals surface area (Å²) in [6, 6.07) is 0. The van der Waals surface area contributed by atoms with Gasteiger partial charge in [-0.15, -0.1) is 0 Å². The molecule has 0 heterocycles. The zero-order chi connectivity index (χ0) is 4.12. The van der Waals surface area contributed by atoms with Crippen LogP contribution < -0.4 is 0 Å². The van der Waals surface area contributed by atoms with Crippen LogP contribution in [0.3, 0.4) is 0 Å². The molecule has 0 spiro atoms. The Morgan fingerprint density at radius 1 is 2.00 bits per heavy atom. The molecule has 0 aliphatic carbocycles. The van der Waals surface area contributed by atoms with E-state index in [1.807, 2.05) is 6.92 Å². The monoisotopic (exact) mass is 88.1 g/mol. The smallest absolute Gasteiger partial charge is 0.123 e. The van der Waals surface area contributed by atoms with Gasteiger partial charge in [0.1, 0.15) is 17.1 Å². The van der Waals surface area contributed by atoms with Crippen molar-refractivity contribution in [3.63, 3.8) is 0 Å². The quantitative estimate of drug-likeness (QED) is 0.379. The van der Waals surface area contributed by atoms with Crippen molar-refractivity contribution >= 4 is 17.1 Å². The first-order valence-electron chi connectivity index (χ1n) is 1.99. The molecule has 1 nitrogen and oxygen atoms in total. The van der Waals surface area contributed by atoms with Crippen LogP contribution in [0.2, 0.25) is 0 Å². The van der Waals surface area contributed by atoms with E-state index >= 15 is 0 Å². The summed E-state index contributed by atoms with van der Waals surface area (Å²) >= 11 is 0. The first-order chi connectivity index (χ1) is 2.41. The molecule has 0 aromatic carbocycles. The van der Waals surface area contributed by atoms with Crippen molar-refractivity contribution in [2.75, 3.05) is 6.61 Å². The van der Waals surface area contributed by atoms with Gasteiger partial charge < -0.3 is 4.43 Å². The van der Waals surface area contributed by atoms with Crippen molar-refractivity contribution in [1.82, 2.24) is 0 Å². The lowest BCUT2D eigenvalue weighted by atomic mass is 10.8. The van der Waals surface area contributed by atoms with Gasteiger partial charge in [0, 0.05) is 6.61 Å². The third-order valence-corrected chi connectivity index (χ3v) is 1.22. The summed E-state index contributed by atoms with van der Waals surface area (Å²) in [7, 11) is 2.04. The van der Waals surface area contributed by atoms with E-state index in [9.17, 15) is 0 Å². The normalized spacial score (nSPS) is 10.6. The minimum Gasteiger partial charge on any atom is -0.433 e. The largest absolute Gasteiger partial charge is 0.433 e. The van der Waals surface area contributed by atoms with Gasteiger partial charge in [0.2, 0.25) is 0 Å². The van der Waals surface area contributed by atoms with Crippen LogP contribution in [0.25, 0.3) is 0 Å². The molecule has 0 fully saturated rings. The van der Waals surface area contributed by atoms with E-state index in [0.29, 0.717) is 0 Å². The lowest BCUT2D eigenvalue weighted by molar-refractivity contribution is 0.371. The highest BCUT2D eigenvalue weighted by Crippen LogP contribution is 1.57. The van der Waals surface area contributed by atoms with Gasteiger partial charge in [0.15, 0.2) is 0 Å². The van der Waals surface area contributed by atoms with Gasteiger partial charge >= 0.3 is 0 Å². The Morgan fingerprint density at radius 2 is 2.60 bits per heavy atom. The standard InChI is InChI=1S/C2H9BOSi/c1-2-4-5-3/h2-3,5H2,1H3. The highest BCUT2D eigenvalue weighted by atomic mass is 28.2. The van der Waals surface area contributed by atoms with Crippen molar-refractivity contribution in [2.45, 2.75) is 6.92 Å². The highest BCUT2D eigenvalue weighted by Gasteiger charge is 1.66. The second kappa shape index (κ2) is 4.24. The van der Waals surface area contributed by atoms with Crippen molar-refractivity contribution in [2.24, 2.45) is 0 Å². The highest BCUT2D eigenvalue weighted by molar-refractivity contribution is 6.85. The van der Waals surface area contributed by atoms with E-state index in [2.05, 4.69) is 7.44 Å². The van der Waals surface area contributed by atoms with Gasteiger partial charge in [-0.3, -0.25) is 0 Å². The van der Waals surface area contributed by atoms with E-state index in [-0.39, 0.29) is 9.63 Å². The predicted molar refractivity (Wildman–Crippen MR) is 28.7 cm³/mol. The number of hydrogen-bond acceptors (Lipinski definition) is 1. The molecule has 5 heavy (non-hydrogen) atoms. The van der Waals surface area contributed by atoms with Gasteiger partial charge in [-0.2, -0.15) is 0 Å². The van der Waals surface area contributed by atoms with Crippen LogP contribution in [0.4, 0.5) is 0 Å². The third kappa shape index (κ3) is 4.24. The fourth-order valence-corrected chi connectivity index (χ4v) is 0.612. The van der Waals surface area contributed by atoms with Gasteiger partial charge in [0.05, 0.1) is 0 Å². The van der Waals surface area contributed by atoms with Gasteiger partial charge in [-0.05, 0) is 6.92 Å². The second-order valence-corrected chi connectivity index (χ2v) is 1.77. The lowest BCUT2D eigenvalue weighted by Gasteiger charge is -1.86. The van der Waals surface area contributed by atoms with Gasteiger partial charge in [-0.1, -0.05) is 0 Å². The average Bonchev–Trinajstić information content (AvgIpc) is 1.41. The van der Waals surface area contributed by atoms with Crippen LogP contribution in [0.5, 0.6) is 0 Å². The van der Waals surface area contributed by atoms with Crippen LogP contribution >= 0.6 is 0 Å². The Labute approximate surface area is 36.0 Å². The minimum atomic E-state index is -0.0860. The van der Waals surface area contributed by atoms with Gasteiger partial charge in [-0.25, -0.2) is 0 Å². The molecule has 0 aliphatic heterocycles. The molecule has 0 unspecified atom stereocenters. The molecular weight excluding hydrogens is 78.9 g/mol.